The number of hydrogen-bond acceptors (Lipinski definition) is 1. The Balaban J connectivity index is 1.97. The minimum atomic E-state index is 0.392. The van der Waals surface area contributed by atoms with Gasteiger partial charge in [0.15, 0.2) is 0 Å². The van der Waals surface area contributed by atoms with Crippen LogP contribution in [-0.2, 0) is 4.79 Å². The maximum Gasteiger partial charge on any atom is 0.130 e. The number of rotatable bonds is 2. The number of carbonyl (C=O) groups is 1. The van der Waals surface area contributed by atoms with Crippen molar-refractivity contribution in [3.63, 3.8) is 0 Å². The smallest absolute Gasteiger partial charge is 0.130 e. The molecule has 0 aromatic rings. The van der Waals surface area contributed by atoms with Crippen LogP contribution < -0.4 is 0 Å². The lowest BCUT2D eigenvalue weighted by atomic mass is 9.50. The van der Waals surface area contributed by atoms with E-state index >= 15 is 0 Å². The first kappa shape index (κ1) is 8.28. The molecule has 2 bridgehead atoms. The summed E-state index contributed by atoms with van der Waals surface area (Å²) in [6, 6.07) is 0. The van der Waals surface area contributed by atoms with Crippen LogP contribution in [0.25, 0.3) is 0 Å². The van der Waals surface area contributed by atoms with E-state index in [0.29, 0.717) is 5.78 Å². The van der Waals surface area contributed by atoms with Crippen molar-refractivity contribution in [2.45, 2.75) is 39.5 Å². The lowest BCUT2D eigenvalue weighted by Gasteiger charge is -2.55. The molecule has 0 aromatic heterocycles. The predicted molar refractivity (Wildman–Crippen MR) is 48.8 cm³/mol. The first-order valence-electron chi connectivity index (χ1n) is 5.19. The van der Waals surface area contributed by atoms with Crippen LogP contribution >= 0.6 is 0 Å². The Bertz CT molecular complexity index is 185. The van der Waals surface area contributed by atoms with Gasteiger partial charge in [-0.3, -0.25) is 0 Å². The van der Waals surface area contributed by atoms with Crippen LogP contribution in [0.2, 0.25) is 0 Å². The molecule has 3 aliphatic carbocycles. The first-order valence-corrected chi connectivity index (χ1v) is 5.19. The number of carbonyl (C=O) groups excluding carboxylic acids is 1. The van der Waals surface area contributed by atoms with E-state index in [2.05, 4.69) is 6.92 Å². The van der Waals surface area contributed by atoms with Crippen molar-refractivity contribution in [2.75, 3.05) is 0 Å². The van der Waals surface area contributed by atoms with E-state index in [1.807, 2.05) is 0 Å². The monoisotopic (exact) mass is 166 g/mol. The summed E-state index contributed by atoms with van der Waals surface area (Å²) in [4.78, 5) is 11.0. The average molecular weight is 166 g/mol. The minimum absolute atomic E-state index is 0.392. The zero-order valence-corrected chi connectivity index (χ0v) is 8.05. The molecule has 0 N–H and O–H groups in total. The van der Waals surface area contributed by atoms with Gasteiger partial charge in [0.05, 0.1) is 0 Å². The molecule has 0 amide bonds. The molecule has 3 aliphatic rings. The summed E-state index contributed by atoms with van der Waals surface area (Å²) in [5.41, 5.74) is 0. The molecule has 0 heterocycles. The first-order chi connectivity index (χ1) is 5.70. The molecule has 0 spiro atoms. The zero-order chi connectivity index (χ0) is 8.72. The fourth-order valence-corrected chi connectivity index (χ4v) is 3.45. The van der Waals surface area contributed by atoms with Crippen molar-refractivity contribution in [1.82, 2.24) is 0 Å². The normalized spacial score (nSPS) is 45.2. The molecule has 0 aliphatic heterocycles. The minimum Gasteiger partial charge on any atom is -0.300 e. The van der Waals surface area contributed by atoms with Gasteiger partial charge in [0.1, 0.15) is 5.78 Å². The van der Waals surface area contributed by atoms with Crippen LogP contribution in [0.5, 0.6) is 0 Å². The molecule has 3 saturated carbocycles. The van der Waals surface area contributed by atoms with E-state index in [9.17, 15) is 4.79 Å². The Morgan fingerprint density at radius 2 is 1.92 bits per heavy atom. The number of fused-ring (bicyclic) bond motifs is 2. The molecule has 1 heteroatoms. The highest BCUT2D eigenvalue weighted by Crippen LogP contribution is 2.56. The van der Waals surface area contributed by atoms with Crippen molar-refractivity contribution < 1.29 is 4.79 Å². The van der Waals surface area contributed by atoms with Crippen molar-refractivity contribution in [3.05, 3.63) is 0 Å². The van der Waals surface area contributed by atoms with Gasteiger partial charge in [-0.1, -0.05) is 13.3 Å². The van der Waals surface area contributed by atoms with E-state index < -0.39 is 0 Å². The van der Waals surface area contributed by atoms with Gasteiger partial charge in [0, 0.05) is 6.42 Å². The van der Waals surface area contributed by atoms with Gasteiger partial charge in [-0.2, -0.15) is 0 Å². The van der Waals surface area contributed by atoms with Crippen molar-refractivity contribution in [1.29, 1.82) is 0 Å². The molecule has 1 nitrogen and oxygen atoms in total. The molecular formula is C11H18O. The maximum atomic E-state index is 11.0. The molecule has 0 radical (unpaired) electrons. The standard InChI is InChI=1S/C11H18O/c1-7(12)6-11-9-4-3-5-10(11)8(9)2/h8-11H,3-6H2,1-2H3/t8?,9-,10+,11?. The van der Waals surface area contributed by atoms with Crippen molar-refractivity contribution >= 4 is 5.78 Å². The van der Waals surface area contributed by atoms with Gasteiger partial charge >= 0.3 is 0 Å². The fourth-order valence-electron chi connectivity index (χ4n) is 3.45. The van der Waals surface area contributed by atoms with Crippen LogP contribution in [-0.4, -0.2) is 5.78 Å². The summed E-state index contributed by atoms with van der Waals surface area (Å²) in [5, 5.41) is 0. The number of hydrogen-bond donors (Lipinski definition) is 0. The number of Topliss-reactive ketones (excluding diaryl/α,β-unsaturated/α-hetero) is 1. The molecular weight excluding hydrogens is 148 g/mol. The quantitative estimate of drug-likeness (QED) is 0.616. The van der Waals surface area contributed by atoms with Crippen LogP contribution in [0.4, 0.5) is 0 Å². The molecule has 3 rings (SSSR count). The molecule has 0 saturated heterocycles. The molecule has 4 atom stereocenters. The third kappa shape index (κ3) is 1.10. The summed E-state index contributed by atoms with van der Waals surface area (Å²) in [6.07, 6.45) is 5.04. The maximum absolute atomic E-state index is 11.0. The SMILES string of the molecule is CC(=O)CC1[C@@H]2CCC[C@H]1C2C. The summed E-state index contributed by atoms with van der Waals surface area (Å²) < 4.78 is 0. The topological polar surface area (TPSA) is 17.1 Å². The lowest BCUT2D eigenvalue weighted by molar-refractivity contribution is -0.125. The van der Waals surface area contributed by atoms with E-state index in [1.54, 1.807) is 6.92 Å². The summed E-state index contributed by atoms with van der Waals surface area (Å²) in [7, 11) is 0. The fraction of sp³-hybridized carbons (Fsp3) is 0.909. The zero-order valence-electron chi connectivity index (χ0n) is 8.05. The second-order valence-corrected chi connectivity index (χ2v) is 4.69. The third-order valence-electron chi connectivity index (χ3n) is 4.05. The Morgan fingerprint density at radius 1 is 1.33 bits per heavy atom. The predicted octanol–water partition coefficient (Wildman–Crippen LogP) is 2.65. The molecule has 12 heavy (non-hydrogen) atoms. The Labute approximate surface area is 74.5 Å². The van der Waals surface area contributed by atoms with Gasteiger partial charge in [0.25, 0.3) is 0 Å². The molecule has 2 unspecified atom stereocenters. The van der Waals surface area contributed by atoms with Crippen molar-refractivity contribution in [3.8, 4) is 0 Å². The third-order valence-corrected chi connectivity index (χ3v) is 4.05. The highest BCUT2D eigenvalue weighted by molar-refractivity contribution is 5.75. The second kappa shape index (κ2) is 2.86. The van der Waals surface area contributed by atoms with E-state index in [-0.39, 0.29) is 0 Å². The average Bonchev–Trinajstić information content (AvgIpc) is 2.05. The van der Waals surface area contributed by atoms with Crippen molar-refractivity contribution in [2.24, 2.45) is 23.7 Å². The van der Waals surface area contributed by atoms with Gasteiger partial charge in [-0.05, 0) is 43.4 Å². The molecule has 0 aromatic carbocycles. The molecule has 68 valence electrons. The van der Waals surface area contributed by atoms with E-state index in [4.69, 9.17) is 0 Å². The second-order valence-electron chi connectivity index (χ2n) is 4.69. The van der Waals surface area contributed by atoms with Gasteiger partial charge in [0.2, 0.25) is 0 Å². The highest BCUT2D eigenvalue weighted by Gasteiger charge is 2.49. The highest BCUT2D eigenvalue weighted by atomic mass is 16.1. The van der Waals surface area contributed by atoms with E-state index in [1.165, 1.54) is 19.3 Å². The Kier molecular flexibility index (Phi) is 1.97. The largest absolute Gasteiger partial charge is 0.300 e. The summed E-state index contributed by atoms with van der Waals surface area (Å²) in [6.45, 7) is 4.10. The van der Waals surface area contributed by atoms with Crippen LogP contribution in [0.15, 0.2) is 0 Å². The van der Waals surface area contributed by atoms with Gasteiger partial charge in [-0.25, -0.2) is 0 Å². The lowest BCUT2D eigenvalue weighted by Crippen LogP contribution is -2.49. The Morgan fingerprint density at radius 3 is 2.33 bits per heavy atom. The Hall–Kier alpha value is -0.330. The summed E-state index contributed by atoms with van der Waals surface area (Å²) in [5.74, 6) is 3.87. The van der Waals surface area contributed by atoms with Gasteiger partial charge < -0.3 is 4.79 Å². The molecule has 3 fully saturated rings. The van der Waals surface area contributed by atoms with Crippen LogP contribution in [0.3, 0.4) is 0 Å². The van der Waals surface area contributed by atoms with Crippen LogP contribution in [0, 0.1) is 23.7 Å². The van der Waals surface area contributed by atoms with Crippen LogP contribution in [0.1, 0.15) is 39.5 Å². The van der Waals surface area contributed by atoms with E-state index in [0.717, 1.165) is 30.1 Å². The van der Waals surface area contributed by atoms with Gasteiger partial charge in [-0.15, -0.1) is 0 Å². The summed E-state index contributed by atoms with van der Waals surface area (Å²) >= 11 is 0. The number of ketones is 1.